The van der Waals surface area contributed by atoms with Crippen molar-refractivity contribution in [3.8, 4) is 0 Å². The number of carbonyl (C=O) groups excluding carboxylic acids is 4. The molecule has 1 aromatic rings. The zero-order valence-electron chi connectivity index (χ0n) is 14.6. The van der Waals surface area contributed by atoms with Gasteiger partial charge in [0.15, 0.2) is 0 Å². The maximum atomic E-state index is 12.3. The number of amides is 3. The highest BCUT2D eigenvalue weighted by Gasteiger charge is 2.25. The van der Waals surface area contributed by atoms with Crippen molar-refractivity contribution in [1.29, 1.82) is 0 Å². The molecule has 0 aliphatic rings. The van der Waals surface area contributed by atoms with Crippen molar-refractivity contribution in [2.24, 2.45) is 5.73 Å². The summed E-state index contributed by atoms with van der Waals surface area (Å²) in [6, 6.07) is 6.97. The van der Waals surface area contributed by atoms with Crippen molar-refractivity contribution in [3.63, 3.8) is 0 Å². The number of rotatable bonds is 8. The third-order valence-corrected chi connectivity index (χ3v) is 3.54. The van der Waals surface area contributed by atoms with Crippen molar-refractivity contribution in [2.75, 3.05) is 20.6 Å². The molecule has 25 heavy (non-hydrogen) atoms. The first-order valence-electron chi connectivity index (χ1n) is 7.91. The van der Waals surface area contributed by atoms with E-state index >= 15 is 0 Å². The SMILES string of the molecule is CCC(N)C(=O)C(=O)NCC(=O)N[C@H](C(=O)N(C)C)c1ccccc1. The van der Waals surface area contributed by atoms with Crippen molar-refractivity contribution in [3.05, 3.63) is 35.9 Å². The minimum Gasteiger partial charge on any atom is -0.347 e. The minimum atomic E-state index is -0.917. The van der Waals surface area contributed by atoms with E-state index < -0.39 is 36.2 Å². The molecule has 3 amide bonds. The van der Waals surface area contributed by atoms with Gasteiger partial charge in [0.2, 0.25) is 17.6 Å². The Bertz CT molecular complexity index is 631. The molecule has 0 aromatic heterocycles. The van der Waals surface area contributed by atoms with Crippen LogP contribution >= 0.6 is 0 Å². The summed E-state index contributed by atoms with van der Waals surface area (Å²) in [6.07, 6.45) is 0.325. The molecule has 0 aliphatic carbocycles. The second kappa shape index (κ2) is 9.53. The predicted molar refractivity (Wildman–Crippen MR) is 92.3 cm³/mol. The van der Waals surface area contributed by atoms with Gasteiger partial charge in [-0.25, -0.2) is 0 Å². The van der Waals surface area contributed by atoms with E-state index in [1.807, 2.05) is 0 Å². The lowest BCUT2D eigenvalue weighted by atomic mass is 10.1. The molecule has 1 unspecified atom stereocenters. The molecule has 0 radical (unpaired) electrons. The molecular formula is C17H24N4O4. The molecule has 8 heteroatoms. The summed E-state index contributed by atoms with van der Waals surface area (Å²) in [5, 5.41) is 4.78. The van der Waals surface area contributed by atoms with Gasteiger partial charge in [0.25, 0.3) is 5.91 Å². The van der Waals surface area contributed by atoms with Crippen molar-refractivity contribution in [2.45, 2.75) is 25.4 Å². The van der Waals surface area contributed by atoms with E-state index in [9.17, 15) is 19.2 Å². The van der Waals surface area contributed by atoms with Gasteiger partial charge in [-0.3, -0.25) is 19.2 Å². The first kappa shape index (κ1) is 20.3. The van der Waals surface area contributed by atoms with E-state index in [1.165, 1.54) is 4.90 Å². The van der Waals surface area contributed by atoms with Crippen LogP contribution in [0, 0.1) is 0 Å². The van der Waals surface area contributed by atoms with Crippen LogP contribution < -0.4 is 16.4 Å². The third-order valence-electron chi connectivity index (χ3n) is 3.54. The Morgan fingerprint density at radius 2 is 1.72 bits per heavy atom. The molecule has 136 valence electrons. The lowest BCUT2D eigenvalue weighted by Gasteiger charge is -2.22. The van der Waals surface area contributed by atoms with Gasteiger partial charge in [0, 0.05) is 14.1 Å². The van der Waals surface area contributed by atoms with Crippen LogP contribution in [0.25, 0.3) is 0 Å². The standard InChI is InChI=1S/C17H24N4O4/c1-4-12(18)15(23)16(24)19-10-13(22)20-14(17(25)21(2)3)11-8-6-5-7-9-11/h5-9,12,14H,4,10,18H2,1-3H3,(H,19,24)(H,20,22)/t12?,14-/m0/s1. The Balaban J connectivity index is 2.72. The average Bonchev–Trinajstić information content (AvgIpc) is 2.62. The number of carbonyl (C=O) groups is 4. The maximum Gasteiger partial charge on any atom is 0.289 e. The van der Waals surface area contributed by atoms with E-state index in [0.717, 1.165) is 0 Å². The highest BCUT2D eigenvalue weighted by atomic mass is 16.2. The fraction of sp³-hybridized carbons (Fsp3) is 0.412. The van der Waals surface area contributed by atoms with Crippen LogP contribution in [0.15, 0.2) is 30.3 Å². The molecule has 2 atom stereocenters. The van der Waals surface area contributed by atoms with Gasteiger partial charge in [-0.05, 0) is 12.0 Å². The van der Waals surface area contributed by atoms with E-state index in [0.29, 0.717) is 12.0 Å². The van der Waals surface area contributed by atoms with Crippen LogP contribution in [0.2, 0.25) is 0 Å². The number of Topliss-reactive ketones (excluding diaryl/α,β-unsaturated/α-hetero) is 1. The average molecular weight is 348 g/mol. The fourth-order valence-electron chi connectivity index (χ4n) is 2.00. The van der Waals surface area contributed by atoms with Gasteiger partial charge in [0.05, 0.1) is 12.6 Å². The van der Waals surface area contributed by atoms with Crippen LogP contribution in [0.1, 0.15) is 24.9 Å². The monoisotopic (exact) mass is 348 g/mol. The molecule has 1 rings (SSSR count). The lowest BCUT2D eigenvalue weighted by Crippen LogP contribution is -2.47. The zero-order valence-corrected chi connectivity index (χ0v) is 14.6. The quantitative estimate of drug-likeness (QED) is 0.539. The molecular weight excluding hydrogens is 324 g/mol. The van der Waals surface area contributed by atoms with Crippen LogP contribution in [-0.4, -0.2) is 55.1 Å². The Labute approximate surface area is 146 Å². The Morgan fingerprint density at radius 3 is 2.24 bits per heavy atom. The summed E-state index contributed by atoms with van der Waals surface area (Å²) in [5.41, 5.74) is 6.11. The van der Waals surface area contributed by atoms with Crippen LogP contribution in [-0.2, 0) is 19.2 Å². The van der Waals surface area contributed by atoms with Gasteiger partial charge >= 0.3 is 0 Å². The molecule has 0 aliphatic heterocycles. The van der Waals surface area contributed by atoms with E-state index in [-0.39, 0.29) is 5.91 Å². The highest BCUT2D eigenvalue weighted by molar-refractivity contribution is 6.38. The molecule has 4 N–H and O–H groups in total. The molecule has 0 fully saturated rings. The highest BCUT2D eigenvalue weighted by Crippen LogP contribution is 2.14. The number of hydrogen-bond acceptors (Lipinski definition) is 5. The predicted octanol–water partition coefficient (Wildman–Crippen LogP) is -0.645. The van der Waals surface area contributed by atoms with Crippen molar-refractivity contribution < 1.29 is 19.2 Å². The lowest BCUT2D eigenvalue weighted by molar-refractivity contribution is -0.139. The first-order valence-corrected chi connectivity index (χ1v) is 7.91. The van der Waals surface area contributed by atoms with Gasteiger partial charge in [0.1, 0.15) is 6.04 Å². The third kappa shape index (κ3) is 6.00. The molecule has 0 bridgehead atoms. The smallest absolute Gasteiger partial charge is 0.289 e. The number of hydrogen-bond donors (Lipinski definition) is 3. The van der Waals surface area contributed by atoms with Gasteiger partial charge in [-0.1, -0.05) is 37.3 Å². The normalized spacial score (nSPS) is 12.6. The molecule has 0 spiro atoms. The summed E-state index contributed by atoms with van der Waals surface area (Å²) >= 11 is 0. The second-order valence-electron chi connectivity index (χ2n) is 5.71. The number of nitrogens with two attached hydrogens (primary N) is 1. The Morgan fingerprint density at radius 1 is 1.12 bits per heavy atom. The maximum absolute atomic E-state index is 12.3. The van der Waals surface area contributed by atoms with Gasteiger partial charge in [-0.2, -0.15) is 0 Å². The molecule has 8 nitrogen and oxygen atoms in total. The molecule has 1 aromatic carbocycles. The zero-order chi connectivity index (χ0) is 19.0. The van der Waals surface area contributed by atoms with Crippen LogP contribution in [0.3, 0.4) is 0 Å². The Kier molecular flexibility index (Phi) is 7.74. The number of likely N-dealkylation sites (N-methyl/N-ethyl adjacent to an activating group) is 1. The summed E-state index contributed by atoms with van der Waals surface area (Å²) in [6.45, 7) is 1.25. The van der Waals surface area contributed by atoms with Crippen molar-refractivity contribution >= 4 is 23.5 Å². The molecule has 0 saturated carbocycles. The summed E-state index contributed by atoms with van der Waals surface area (Å²) in [5.74, 6) is -2.59. The van der Waals surface area contributed by atoms with Crippen LogP contribution in [0.5, 0.6) is 0 Å². The van der Waals surface area contributed by atoms with E-state index in [1.54, 1.807) is 51.4 Å². The van der Waals surface area contributed by atoms with E-state index in [4.69, 9.17) is 5.73 Å². The first-order chi connectivity index (χ1) is 11.8. The number of benzene rings is 1. The van der Waals surface area contributed by atoms with Gasteiger partial charge in [-0.15, -0.1) is 0 Å². The van der Waals surface area contributed by atoms with Crippen molar-refractivity contribution in [1.82, 2.24) is 15.5 Å². The number of nitrogens with zero attached hydrogens (tertiary/aromatic N) is 1. The number of nitrogens with one attached hydrogen (secondary N) is 2. The Hall–Kier alpha value is -2.74. The summed E-state index contributed by atoms with van der Waals surface area (Å²) < 4.78 is 0. The molecule has 0 saturated heterocycles. The number of ketones is 1. The fourth-order valence-corrected chi connectivity index (χ4v) is 2.00. The second-order valence-corrected chi connectivity index (χ2v) is 5.71. The summed E-state index contributed by atoms with van der Waals surface area (Å²) in [7, 11) is 3.16. The minimum absolute atomic E-state index is 0.310. The topological polar surface area (TPSA) is 122 Å². The summed E-state index contributed by atoms with van der Waals surface area (Å²) in [4.78, 5) is 49.0. The largest absolute Gasteiger partial charge is 0.347 e. The van der Waals surface area contributed by atoms with Crippen LogP contribution in [0.4, 0.5) is 0 Å². The van der Waals surface area contributed by atoms with Gasteiger partial charge < -0.3 is 21.3 Å². The van der Waals surface area contributed by atoms with E-state index in [2.05, 4.69) is 10.6 Å². The molecule has 0 heterocycles.